The van der Waals surface area contributed by atoms with Crippen LogP contribution in [0.4, 0.5) is 5.69 Å². The minimum absolute atomic E-state index is 0.467. The number of thioether (sulfide) groups is 1. The van der Waals surface area contributed by atoms with E-state index in [9.17, 15) is 0 Å². The summed E-state index contributed by atoms with van der Waals surface area (Å²) in [4.78, 5) is 3.99. The van der Waals surface area contributed by atoms with E-state index in [-0.39, 0.29) is 0 Å². The molecule has 0 radical (unpaired) electrons. The lowest BCUT2D eigenvalue weighted by Crippen LogP contribution is -2.14. The molecule has 0 aliphatic carbocycles. The Bertz CT molecular complexity index is 346. The van der Waals surface area contributed by atoms with Gasteiger partial charge in [0.2, 0.25) is 0 Å². The first-order chi connectivity index (χ1) is 7.27. The minimum Gasteiger partial charge on any atom is -0.382 e. The zero-order chi connectivity index (χ0) is 11.1. The number of hydrogen-bond donors (Lipinski definition) is 1. The molecular formula is C11H15N3S. The van der Waals surface area contributed by atoms with Gasteiger partial charge in [-0.1, -0.05) is 6.92 Å². The van der Waals surface area contributed by atoms with E-state index in [1.54, 1.807) is 6.20 Å². The summed E-state index contributed by atoms with van der Waals surface area (Å²) in [5.41, 5.74) is 1.29. The highest BCUT2D eigenvalue weighted by Crippen LogP contribution is 2.12. The number of pyridine rings is 1. The quantitative estimate of drug-likeness (QED) is 0.829. The van der Waals surface area contributed by atoms with Crippen molar-refractivity contribution in [3.63, 3.8) is 0 Å². The largest absolute Gasteiger partial charge is 0.382 e. The standard InChI is InChI=1S/C11H15N3S/c1-9(8-15-2)7-14-10-4-3-5-13-11(10)6-12/h3-5,9,14H,7-8H2,1-2H3. The summed E-state index contributed by atoms with van der Waals surface area (Å²) in [5, 5.41) is 12.1. The van der Waals surface area contributed by atoms with Crippen LogP contribution in [0.5, 0.6) is 0 Å². The maximum Gasteiger partial charge on any atom is 0.163 e. The summed E-state index contributed by atoms with van der Waals surface area (Å²) in [6.45, 7) is 3.06. The van der Waals surface area contributed by atoms with Crippen LogP contribution in [0.25, 0.3) is 0 Å². The number of nitriles is 1. The average molecular weight is 221 g/mol. The molecule has 0 aliphatic rings. The fourth-order valence-electron chi connectivity index (χ4n) is 1.26. The molecule has 0 amide bonds. The maximum atomic E-state index is 8.83. The van der Waals surface area contributed by atoms with Gasteiger partial charge in [-0.3, -0.25) is 0 Å². The summed E-state index contributed by atoms with van der Waals surface area (Å²) in [7, 11) is 0. The van der Waals surface area contributed by atoms with E-state index in [4.69, 9.17) is 5.26 Å². The number of hydrogen-bond acceptors (Lipinski definition) is 4. The van der Waals surface area contributed by atoms with E-state index >= 15 is 0 Å². The van der Waals surface area contributed by atoms with Crippen LogP contribution in [-0.4, -0.2) is 23.5 Å². The van der Waals surface area contributed by atoms with E-state index in [2.05, 4.69) is 29.5 Å². The molecule has 1 N–H and O–H groups in total. The smallest absolute Gasteiger partial charge is 0.163 e. The van der Waals surface area contributed by atoms with Gasteiger partial charge in [-0.2, -0.15) is 17.0 Å². The minimum atomic E-state index is 0.467. The zero-order valence-electron chi connectivity index (χ0n) is 9.03. The average Bonchev–Trinajstić information content (AvgIpc) is 2.27. The van der Waals surface area contributed by atoms with Crippen molar-refractivity contribution in [2.75, 3.05) is 23.9 Å². The van der Waals surface area contributed by atoms with Gasteiger partial charge in [0.15, 0.2) is 5.69 Å². The van der Waals surface area contributed by atoms with Gasteiger partial charge in [0.05, 0.1) is 5.69 Å². The molecule has 1 unspecified atom stereocenters. The van der Waals surface area contributed by atoms with Crippen LogP contribution in [0.3, 0.4) is 0 Å². The maximum absolute atomic E-state index is 8.83. The Morgan fingerprint density at radius 3 is 3.13 bits per heavy atom. The zero-order valence-corrected chi connectivity index (χ0v) is 9.84. The summed E-state index contributed by atoms with van der Waals surface area (Å²) < 4.78 is 0. The SMILES string of the molecule is CSCC(C)CNc1cccnc1C#N. The molecule has 0 aromatic carbocycles. The molecule has 1 atom stereocenters. The first kappa shape index (κ1) is 11.9. The van der Waals surface area contributed by atoms with Crippen molar-refractivity contribution >= 4 is 17.4 Å². The molecule has 3 nitrogen and oxygen atoms in total. The van der Waals surface area contributed by atoms with Gasteiger partial charge in [0.1, 0.15) is 6.07 Å². The summed E-state index contributed by atoms with van der Waals surface area (Å²) in [5.74, 6) is 1.71. The molecule has 0 saturated heterocycles. The van der Waals surface area contributed by atoms with Crippen molar-refractivity contribution in [1.82, 2.24) is 4.98 Å². The molecule has 0 spiro atoms. The molecule has 0 saturated carbocycles. The van der Waals surface area contributed by atoms with Gasteiger partial charge in [-0.25, -0.2) is 4.98 Å². The van der Waals surface area contributed by atoms with Crippen molar-refractivity contribution in [3.05, 3.63) is 24.0 Å². The van der Waals surface area contributed by atoms with Crippen LogP contribution in [-0.2, 0) is 0 Å². The predicted molar refractivity (Wildman–Crippen MR) is 65.0 cm³/mol. The normalized spacial score (nSPS) is 11.8. The first-order valence-electron chi connectivity index (χ1n) is 4.86. The lowest BCUT2D eigenvalue weighted by molar-refractivity contribution is 0.701. The molecule has 1 aromatic rings. The van der Waals surface area contributed by atoms with Gasteiger partial charge < -0.3 is 5.32 Å². The van der Waals surface area contributed by atoms with E-state index in [1.807, 2.05) is 23.9 Å². The molecule has 4 heteroatoms. The Morgan fingerprint density at radius 2 is 2.47 bits per heavy atom. The predicted octanol–water partition coefficient (Wildman–Crippen LogP) is 2.36. The van der Waals surface area contributed by atoms with E-state index in [0.29, 0.717) is 11.6 Å². The fraction of sp³-hybridized carbons (Fsp3) is 0.455. The third-order valence-electron chi connectivity index (χ3n) is 2.01. The van der Waals surface area contributed by atoms with Crippen LogP contribution < -0.4 is 5.32 Å². The van der Waals surface area contributed by atoms with Crippen LogP contribution >= 0.6 is 11.8 Å². The van der Waals surface area contributed by atoms with Crippen LogP contribution in [0.1, 0.15) is 12.6 Å². The van der Waals surface area contributed by atoms with Crippen molar-refractivity contribution in [2.24, 2.45) is 5.92 Å². The molecule has 1 rings (SSSR count). The van der Waals surface area contributed by atoms with Gasteiger partial charge in [0, 0.05) is 12.7 Å². The molecule has 0 fully saturated rings. The van der Waals surface area contributed by atoms with Gasteiger partial charge in [0.25, 0.3) is 0 Å². The molecule has 15 heavy (non-hydrogen) atoms. The monoisotopic (exact) mass is 221 g/mol. The van der Waals surface area contributed by atoms with Crippen LogP contribution in [0.15, 0.2) is 18.3 Å². The Morgan fingerprint density at radius 1 is 1.67 bits per heavy atom. The lowest BCUT2D eigenvalue weighted by Gasteiger charge is -2.12. The fourth-order valence-corrected chi connectivity index (χ4v) is 1.95. The van der Waals surface area contributed by atoms with Crippen LogP contribution in [0.2, 0.25) is 0 Å². The first-order valence-corrected chi connectivity index (χ1v) is 6.25. The van der Waals surface area contributed by atoms with E-state index in [1.165, 1.54) is 0 Å². The number of nitrogens with one attached hydrogen (secondary N) is 1. The van der Waals surface area contributed by atoms with Gasteiger partial charge in [-0.05, 0) is 30.1 Å². The third-order valence-corrected chi connectivity index (χ3v) is 2.91. The number of nitrogens with zero attached hydrogens (tertiary/aromatic N) is 2. The molecule has 0 bridgehead atoms. The second-order valence-electron chi connectivity index (χ2n) is 3.45. The molecule has 1 heterocycles. The van der Waals surface area contributed by atoms with E-state index < -0.39 is 0 Å². The number of anilines is 1. The Labute approximate surface area is 94.9 Å². The second kappa shape index (κ2) is 6.31. The van der Waals surface area contributed by atoms with Crippen molar-refractivity contribution in [2.45, 2.75) is 6.92 Å². The molecule has 80 valence electrons. The highest BCUT2D eigenvalue weighted by Gasteiger charge is 2.04. The molecule has 1 aromatic heterocycles. The number of aromatic nitrogens is 1. The number of rotatable bonds is 5. The summed E-state index contributed by atoms with van der Waals surface area (Å²) in [6, 6.07) is 5.79. The van der Waals surface area contributed by atoms with Crippen molar-refractivity contribution in [3.8, 4) is 6.07 Å². The molecule has 0 aliphatic heterocycles. The Balaban J connectivity index is 2.54. The Kier molecular flexibility index (Phi) is 4.99. The van der Waals surface area contributed by atoms with Crippen molar-refractivity contribution in [1.29, 1.82) is 5.26 Å². The highest BCUT2D eigenvalue weighted by atomic mass is 32.2. The summed E-state index contributed by atoms with van der Waals surface area (Å²) >= 11 is 1.83. The van der Waals surface area contributed by atoms with Gasteiger partial charge >= 0.3 is 0 Å². The van der Waals surface area contributed by atoms with E-state index in [0.717, 1.165) is 18.0 Å². The Hall–Kier alpha value is -1.21. The van der Waals surface area contributed by atoms with Crippen molar-refractivity contribution < 1.29 is 0 Å². The highest BCUT2D eigenvalue weighted by molar-refractivity contribution is 7.98. The summed E-state index contributed by atoms with van der Waals surface area (Å²) in [6.07, 6.45) is 3.73. The lowest BCUT2D eigenvalue weighted by atomic mass is 10.2. The topological polar surface area (TPSA) is 48.7 Å². The van der Waals surface area contributed by atoms with Crippen LogP contribution in [0, 0.1) is 17.2 Å². The van der Waals surface area contributed by atoms with Gasteiger partial charge in [-0.15, -0.1) is 0 Å². The molecular weight excluding hydrogens is 206 g/mol. The third kappa shape index (κ3) is 3.80. The second-order valence-corrected chi connectivity index (χ2v) is 4.36.